The van der Waals surface area contributed by atoms with Gasteiger partial charge in [0.2, 0.25) is 0 Å². The van der Waals surface area contributed by atoms with Gasteiger partial charge in [0.25, 0.3) is 0 Å². The van der Waals surface area contributed by atoms with E-state index in [1.165, 1.54) is 17.7 Å². The molecule has 0 aliphatic heterocycles. The minimum Gasteiger partial charge on any atom is -0.487 e. The van der Waals surface area contributed by atoms with Gasteiger partial charge in [0.1, 0.15) is 12.4 Å². The Morgan fingerprint density at radius 3 is 2.27 bits per heavy atom. The molecule has 0 unspecified atom stereocenters. The smallest absolute Gasteiger partial charge is 0.335 e. The molecule has 0 bridgehead atoms. The fourth-order valence-corrected chi connectivity index (χ4v) is 2.07. The number of nitrogen functional groups attached to an aromatic ring is 1. The molecule has 4 nitrogen and oxygen atoms in total. The molecule has 2 rings (SSSR count). The third-order valence-corrected chi connectivity index (χ3v) is 3.47. The predicted molar refractivity (Wildman–Crippen MR) is 87.3 cm³/mol. The van der Waals surface area contributed by atoms with Crippen LogP contribution in [-0.2, 0) is 12.0 Å². The zero-order valence-electron chi connectivity index (χ0n) is 13.1. The van der Waals surface area contributed by atoms with Gasteiger partial charge >= 0.3 is 5.97 Å². The van der Waals surface area contributed by atoms with Gasteiger partial charge in [0.05, 0.1) is 11.3 Å². The molecule has 0 amide bonds. The van der Waals surface area contributed by atoms with Gasteiger partial charge in [0, 0.05) is 0 Å². The quantitative estimate of drug-likeness (QED) is 0.841. The predicted octanol–water partition coefficient (Wildman–Crippen LogP) is 3.84. The summed E-state index contributed by atoms with van der Waals surface area (Å²) in [5, 5.41) is 8.90. The number of carbonyl (C=O) groups is 1. The zero-order chi connectivity index (χ0) is 16.3. The van der Waals surface area contributed by atoms with Crippen molar-refractivity contribution in [1.82, 2.24) is 0 Å². The van der Waals surface area contributed by atoms with E-state index in [1.54, 1.807) is 6.07 Å². The Bertz CT molecular complexity index is 670. The van der Waals surface area contributed by atoms with Crippen LogP contribution in [0.3, 0.4) is 0 Å². The maximum absolute atomic E-state index is 10.9. The topological polar surface area (TPSA) is 72.5 Å². The summed E-state index contributed by atoms with van der Waals surface area (Å²) in [4.78, 5) is 10.9. The molecule has 3 N–H and O–H groups in total. The Labute approximate surface area is 130 Å². The number of nitrogens with two attached hydrogens (primary N) is 1. The first-order chi connectivity index (χ1) is 10.3. The Kier molecular flexibility index (Phi) is 4.40. The van der Waals surface area contributed by atoms with Crippen molar-refractivity contribution < 1.29 is 14.6 Å². The minimum absolute atomic E-state index is 0.122. The lowest BCUT2D eigenvalue weighted by molar-refractivity contribution is 0.0697. The van der Waals surface area contributed by atoms with Crippen LogP contribution in [0.2, 0.25) is 0 Å². The van der Waals surface area contributed by atoms with Gasteiger partial charge in [-0.2, -0.15) is 0 Å². The molecule has 0 spiro atoms. The van der Waals surface area contributed by atoms with Crippen LogP contribution in [0.1, 0.15) is 42.3 Å². The van der Waals surface area contributed by atoms with E-state index in [4.69, 9.17) is 15.6 Å². The van der Waals surface area contributed by atoms with Gasteiger partial charge in [-0.3, -0.25) is 0 Å². The molecule has 0 atom stereocenters. The van der Waals surface area contributed by atoms with Gasteiger partial charge < -0.3 is 15.6 Å². The summed E-state index contributed by atoms with van der Waals surface area (Å²) in [7, 11) is 0. The summed E-state index contributed by atoms with van der Waals surface area (Å²) in [5.74, 6) is -0.513. The molecule has 0 saturated heterocycles. The standard InChI is InChI=1S/C18H21NO3/c1-18(2,3)14-7-4-12(5-8-14)11-22-16-9-6-13(17(20)21)10-15(16)19/h4-10H,11,19H2,1-3H3,(H,20,21). The van der Waals surface area contributed by atoms with E-state index >= 15 is 0 Å². The fourth-order valence-electron chi connectivity index (χ4n) is 2.07. The summed E-state index contributed by atoms with van der Waals surface area (Å²) in [6.07, 6.45) is 0. The van der Waals surface area contributed by atoms with E-state index in [0.717, 1.165) is 5.56 Å². The maximum Gasteiger partial charge on any atom is 0.335 e. The lowest BCUT2D eigenvalue weighted by atomic mass is 9.87. The number of hydrogen-bond donors (Lipinski definition) is 2. The van der Waals surface area contributed by atoms with E-state index in [-0.39, 0.29) is 11.0 Å². The van der Waals surface area contributed by atoms with Gasteiger partial charge in [-0.15, -0.1) is 0 Å². The monoisotopic (exact) mass is 299 g/mol. The Morgan fingerprint density at radius 2 is 1.77 bits per heavy atom. The highest BCUT2D eigenvalue weighted by Gasteiger charge is 2.13. The van der Waals surface area contributed by atoms with Crippen molar-refractivity contribution in [3.63, 3.8) is 0 Å². The normalized spacial score (nSPS) is 11.2. The van der Waals surface area contributed by atoms with E-state index in [1.807, 2.05) is 12.1 Å². The molecule has 0 aliphatic rings. The number of ether oxygens (including phenoxy) is 1. The van der Waals surface area contributed by atoms with Crippen molar-refractivity contribution in [2.75, 3.05) is 5.73 Å². The number of hydrogen-bond acceptors (Lipinski definition) is 3. The molecule has 0 saturated carbocycles. The van der Waals surface area contributed by atoms with Gasteiger partial charge in [-0.25, -0.2) is 4.79 Å². The van der Waals surface area contributed by atoms with E-state index in [9.17, 15) is 4.79 Å². The second kappa shape index (κ2) is 6.10. The van der Waals surface area contributed by atoms with Crippen LogP contribution in [0.15, 0.2) is 42.5 Å². The molecule has 0 aliphatic carbocycles. The molecule has 0 radical (unpaired) electrons. The number of carboxylic acids is 1. The lowest BCUT2D eigenvalue weighted by Gasteiger charge is -2.19. The van der Waals surface area contributed by atoms with Crippen molar-refractivity contribution in [1.29, 1.82) is 0 Å². The van der Waals surface area contributed by atoms with Gasteiger partial charge in [-0.1, -0.05) is 45.0 Å². The first kappa shape index (κ1) is 15.9. The Hall–Kier alpha value is -2.49. The molecule has 2 aromatic rings. The van der Waals surface area contributed by atoms with Crippen molar-refractivity contribution in [3.05, 3.63) is 59.2 Å². The second-order valence-corrected chi connectivity index (χ2v) is 6.29. The summed E-state index contributed by atoms with van der Waals surface area (Å²) in [6.45, 7) is 6.90. The molecule has 116 valence electrons. The molecule has 0 aromatic heterocycles. The van der Waals surface area contributed by atoms with Crippen LogP contribution in [0.5, 0.6) is 5.75 Å². The van der Waals surface area contributed by atoms with E-state index in [2.05, 4.69) is 32.9 Å². The number of carboxylic acid groups (broad SMARTS) is 1. The van der Waals surface area contributed by atoms with Crippen LogP contribution in [0.4, 0.5) is 5.69 Å². The summed E-state index contributed by atoms with van der Waals surface area (Å²) in [5.41, 5.74) is 8.72. The summed E-state index contributed by atoms with van der Waals surface area (Å²) in [6, 6.07) is 12.7. The van der Waals surface area contributed by atoms with Crippen molar-refractivity contribution in [2.24, 2.45) is 0 Å². The second-order valence-electron chi connectivity index (χ2n) is 6.29. The summed E-state index contributed by atoms with van der Waals surface area (Å²) >= 11 is 0. The Morgan fingerprint density at radius 1 is 1.14 bits per heavy atom. The van der Waals surface area contributed by atoms with E-state index < -0.39 is 5.97 Å². The molecule has 4 heteroatoms. The first-order valence-electron chi connectivity index (χ1n) is 7.12. The Balaban J connectivity index is 2.05. The largest absolute Gasteiger partial charge is 0.487 e. The molecule has 2 aromatic carbocycles. The average molecular weight is 299 g/mol. The van der Waals surface area contributed by atoms with Crippen LogP contribution < -0.4 is 10.5 Å². The highest BCUT2D eigenvalue weighted by molar-refractivity contribution is 5.89. The highest BCUT2D eigenvalue weighted by atomic mass is 16.5. The highest BCUT2D eigenvalue weighted by Crippen LogP contribution is 2.25. The molecular weight excluding hydrogens is 278 g/mol. The SMILES string of the molecule is CC(C)(C)c1ccc(COc2ccc(C(=O)O)cc2N)cc1. The van der Waals surface area contributed by atoms with Gasteiger partial charge in [0.15, 0.2) is 0 Å². The number of anilines is 1. The molecule has 0 fully saturated rings. The van der Waals surface area contributed by atoms with Crippen molar-refractivity contribution in [2.45, 2.75) is 32.8 Å². The van der Waals surface area contributed by atoms with Crippen LogP contribution >= 0.6 is 0 Å². The molecule has 22 heavy (non-hydrogen) atoms. The third kappa shape index (κ3) is 3.79. The first-order valence-corrected chi connectivity index (χ1v) is 7.12. The average Bonchev–Trinajstić information content (AvgIpc) is 2.45. The zero-order valence-corrected chi connectivity index (χ0v) is 13.1. The number of rotatable bonds is 4. The van der Waals surface area contributed by atoms with Crippen LogP contribution in [0, 0.1) is 0 Å². The van der Waals surface area contributed by atoms with E-state index in [0.29, 0.717) is 18.0 Å². The minimum atomic E-state index is -1.00. The molecule has 0 heterocycles. The lowest BCUT2D eigenvalue weighted by Crippen LogP contribution is -2.10. The van der Waals surface area contributed by atoms with Crippen molar-refractivity contribution in [3.8, 4) is 5.75 Å². The van der Waals surface area contributed by atoms with Crippen molar-refractivity contribution >= 4 is 11.7 Å². The van der Waals surface area contributed by atoms with Crippen LogP contribution in [-0.4, -0.2) is 11.1 Å². The van der Waals surface area contributed by atoms with Gasteiger partial charge in [-0.05, 0) is 34.7 Å². The fraction of sp³-hybridized carbons (Fsp3) is 0.278. The third-order valence-electron chi connectivity index (χ3n) is 3.47. The van der Waals surface area contributed by atoms with Crippen LogP contribution in [0.25, 0.3) is 0 Å². The molecular formula is C18H21NO3. The summed E-state index contributed by atoms with van der Waals surface area (Å²) < 4.78 is 5.67. The number of aromatic carboxylic acids is 1. The maximum atomic E-state index is 10.9. The number of benzene rings is 2.